The van der Waals surface area contributed by atoms with Crippen LogP contribution in [0.15, 0.2) is 237 Å². The molecule has 12 aromatic carbocycles. The molecule has 6 aliphatic heterocycles. The first-order valence-corrected chi connectivity index (χ1v) is 47.6. The van der Waals surface area contributed by atoms with Gasteiger partial charge in [-0.3, -0.25) is 0 Å². The molecule has 6 fully saturated rings. The van der Waals surface area contributed by atoms with E-state index in [2.05, 4.69) is 157 Å². The van der Waals surface area contributed by atoms with Crippen LogP contribution in [0.25, 0.3) is 0 Å². The van der Waals surface area contributed by atoms with Crippen LogP contribution in [0.5, 0.6) is 69.0 Å². The van der Waals surface area contributed by atoms with Crippen molar-refractivity contribution >= 4 is 0 Å². The number of aryl methyl sites for hydroxylation is 8. The van der Waals surface area contributed by atoms with Crippen molar-refractivity contribution in [1.82, 2.24) is 0 Å². The molecule has 6 aliphatic carbocycles. The fourth-order valence-electron chi connectivity index (χ4n) is 24.6. The molecule has 6 N–H and O–H groups in total. The summed E-state index contributed by atoms with van der Waals surface area (Å²) in [5.74, 6) is 13.2. The second kappa shape index (κ2) is 37.0. The first-order valence-electron chi connectivity index (χ1n) is 47.6. The van der Waals surface area contributed by atoms with Gasteiger partial charge >= 0.3 is 0 Å². The van der Waals surface area contributed by atoms with Gasteiger partial charge in [0.05, 0.1) is 0 Å². The Morgan fingerprint density at radius 2 is 0.597 bits per heavy atom. The molecule has 0 aromatic heterocycles. The van der Waals surface area contributed by atoms with Gasteiger partial charge in [0.2, 0.25) is 0 Å². The predicted octanol–water partition coefficient (Wildman–Crippen LogP) is 29.1. The minimum atomic E-state index is -0.156. The molecule has 0 unspecified atom stereocenters. The predicted molar refractivity (Wildman–Crippen MR) is 506 cm³/mol. The molecule has 13 heteroatoms. The van der Waals surface area contributed by atoms with Gasteiger partial charge in [0, 0.05) is 69.4 Å². The molecule has 0 spiro atoms. The summed E-state index contributed by atoms with van der Waals surface area (Å²) in [6, 6.07) is 78.0. The van der Waals surface area contributed by atoms with Crippen molar-refractivity contribution in [1.29, 1.82) is 0 Å². The van der Waals surface area contributed by atoms with E-state index in [1.165, 1.54) is 174 Å². The minimum absolute atomic E-state index is 0.0313. The monoisotopic (exact) mass is 1730 g/mol. The molecule has 129 heavy (non-hydrogen) atoms. The van der Waals surface area contributed by atoms with Gasteiger partial charge < -0.3 is 59.1 Å². The van der Waals surface area contributed by atoms with Gasteiger partial charge in [0.15, 0.2) is 0 Å². The maximum atomic E-state index is 13.6. The Morgan fingerprint density at radius 1 is 0.233 bits per heavy atom. The second-order valence-corrected chi connectivity index (χ2v) is 39.2. The fraction of sp³-hybridized carbons (Fsp3) is 0.379. The van der Waals surface area contributed by atoms with Gasteiger partial charge in [-0.15, -0.1) is 0 Å². The topological polar surface area (TPSA) is 177 Å². The zero-order valence-electron chi connectivity index (χ0n) is 75.6. The Bertz CT molecular complexity index is 5970. The Hall–Kier alpha value is -11.8. The molecule has 0 bridgehead atoms. The third kappa shape index (κ3) is 17.7. The largest absolute Gasteiger partial charge is 0.508 e. The number of phenolic OH excluding ortho intramolecular Hbond substituents is 6. The third-order valence-electron chi connectivity index (χ3n) is 30.8. The number of hydrogen-bond acceptors (Lipinski definition) is 12. The van der Waals surface area contributed by atoms with Crippen LogP contribution in [0.2, 0.25) is 0 Å². The highest BCUT2D eigenvalue weighted by Crippen LogP contribution is 2.62. The van der Waals surface area contributed by atoms with Crippen LogP contribution < -0.4 is 28.4 Å². The fourth-order valence-corrected chi connectivity index (χ4v) is 24.6. The number of halogens is 1. The molecule has 18 atom stereocenters. The molecule has 0 radical (unpaired) electrons. The van der Waals surface area contributed by atoms with Crippen molar-refractivity contribution in [3.63, 3.8) is 0 Å². The maximum Gasteiger partial charge on any atom is 0.127 e. The summed E-state index contributed by atoms with van der Waals surface area (Å²) >= 11 is 0. The van der Waals surface area contributed by atoms with Crippen molar-refractivity contribution in [2.45, 2.75) is 243 Å². The summed E-state index contributed by atoms with van der Waals surface area (Å²) < 4.78 is 51.5. The van der Waals surface area contributed by atoms with Gasteiger partial charge in [-0.05, 0) is 321 Å². The zero-order valence-corrected chi connectivity index (χ0v) is 75.6. The SMILES string of the molecule is Cc1cc([C@H]2Oc3ccc(O)cc3[C@H]3CCC[C@H]32)ccc1O.Cc1ccc([C@H]2Oc3c(C)cc(O)cc3[C@H]3CCC[C@H]32)cc1.Cc1ccc([C@H]2Oc3cc(O)ccc3[C@H]3CCC[C@H]32)cc1.Cc1ccc([C@H]2Oc3ccc(F)cc3[C@H]3CCC[C@H]32)cc1.Cc1ccc([C@H]2Oc3ccc(O)cc3[C@H]3CCC[C@H]32)c(C)c1.Cc1ccc([C@H]2Oc3cccc(O)c3[C@H]3CCC[C@H]32)cc1. The lowest BCUT2D eigenvalue weighted by Crippen LogP contribution is -2.27. The Balaban J connectivity index is 0.000000101. The quantitative estimate of drug-likeness (QED) is 0.0930. The van der Waals surface area contributed by atoms with E-state index in [9.17, 15) is 35.0 Å². The highest BCUT2D eigenvalue weighted by molar-refractivity contribution is 5.55. The van der Waals surface area contributed by atoms with E-state index in [-0.39, 0.29) is 48.2 Å². The highest BCUT2D eigenvalue weighted by Gasteiger charge is 2.49. The van der Waals surface area contributed by atoms with E-state index in [4.69, 9.17) is 28.4 Å². The minimum Gasteiger partial charge on any atom is -0.508 e. The van der Waals surface area contributed by atoms with Crippen molar-refractivity contribution in [2.75, 3.05) is 0 Å². The van der Waals surface area contributed by atoms with Crippen LogP contribution in [0.4, 0.5) is 4.39 Å². The average molecular weight is 1730 g/mol. The van der Waals surface area contributed by atoms with Crippen LogP contribution >= 0.6 is 0 Å². The van der Waals surface area contributed by atoms with Gasteiger partial charge in [0.25, 0.3) is 0 Å². The van der Waals surface area contributed by atoms with E-state index in [0.717, 1.165) is 93.6 Å². The summed E-state index contributed by atoms with van der Waals surface area (Å²) in [4.78, 5) is 0. The average Bonchev–Trinajstić information content (AvgIpc) is 1.76. The lowest BCUT2D eigenvalue weighted by Gasteiger charge is -2.37. The number of phenols is 6. The van der Waals surface area contributed by atoms with Crippen molar-refractivity contribution < 1.29 is 63.5 Å². The Labute approximate surface area is 760 Å². The molecule has 12 aromatic rings. The van der Waals surface area contributed by atoms with E-state index in [1.54, 1.807) is 54.6 Å². The molecule has 12 nitrogen and oxygen atoms in total. The lowest BCUT2D eigenvalue weighted by molar-refractivity contribution is 0.102. The summed E-state index contributed by atoms with van der Waals surface area (Å²) in [5.41, 5.74) is 24.0. The number of fused-ring (bicyclic) bond motifs is 18. The maximum absolute atomic E-state index is 13.6. The normalized spacial score (nSPS) is 26.5. The molecule has 0 amide bonds. The van der Waals surface area contributed by atoms with Gasteiger partial charge in [-0.2, -0.15) is 0 Å². The van der Waals surface area contributed by atoms with E-state index < -0.39 is 0 Å². The van der Waals surface area contributed by atoms with Crippen molar-refractivity contribution in [3.05, 3.63) is 354 Å². The highest BCUT2D eigenvalue weighted by atomic mass is 19.1. The molecule has 12 aliphatic rings. The smallest absolute Gasteiger partial charge is 0.127 e. The summed E-state index contributed by atoms with van der Waals surface area (Å²) in [7, 11) is 0. The molecule has 6 saturated carbocycles. The molecule has 6 heterocycles. The molecular formula is C116H123FO12. The first-order chi connectivity index (χ1) is 62.6. The van der Waals surface area contributed by atoms with E-state index in [1.807, 2.05) is 74.5 Å². The van der Waals surface area contributed by atoms with Crippen LogP contribution in [0, 0.1) is 96.7 Å². The van der Waals surface area contributed by atoms with Gasteiger partial charge in [-0.25, -0.2) is 4.39 Å². The van der Waals surface area contributed by atoms with E-state index in [0.29, 0.717) is 99.8 Å². The number of aromatic hydroxyl groups is 6. The summed E-state index contributed by atoms with van der Waals surface area (Å²) in [6.45, 7) is 16.7. The first kappa shape index (κ1) is 86.5. The van der Waals surface area contributed by atoms with Crippen LogP contribution in [-0.4, -0.2) is 30.6 Å². The van der Waals surface area contributed by atoms with Gasteiger partial charge in [-0.1, -0.05) is 200 Å². The number of hydrogen-bond donors (Lipinski definition) is 6. The standard InChI is InChI=1S/2C20H22O2.C19H19FO.C19H20O3.2C19H20O2/c1-12-6-8-15(13(2)10-12)20-17-5-3-4-16(17)18-11-14(21)7-9-19(18)22-20;1-12-6-8-14(9-7-12)20-17-5-3-4-16(17)18-11-15(21)10-13(2)19(18)22-20;1-12-5-7-13(8-6-12)19-16-4-2-3-15(16)17-11-14(20)9-10-18(17)21-19;1-11-9-12(5-7-17(11)21)19-15-4-2-3-14(15)16-10-13(20)6-8-18(16)22-19;1-12-8-10-13(11-9-12)19-15-5-2-4-14(15)18-16(20)6-3-7-17(18)21-19;1-12-5-7-13(8-6-12)19-17-4-2-3-15(17)16-10-9-14(20)11-18(16)21-19/h2*6-11,16-17,20-21H,3-5H2,1-2H3;5-11,15-16,19H,2-4H2,1H3;5-10,14-15,19-21H,2-4H2,1H3;3,6-11,14-15,19-20H,2,4-5H2,1H3;5-11,15,17,19-20H,2-4H2,1H3/t2*16-,17+,20+;15-,16+,19+;2*14-,15+,19+;15-,17-,19-/m000001/s1. The molecular weight excluding hydrogens is 1600 g/mol. The molecule has 24 rings (SSSR count). The molecule has 666 valence electrons. The zero-order chi connectivity index (χ0) is 89.0. The number of benzene rings is 12. The summed E-state index contributed by atoms with van der Waals surface area (Å²) in [5, 5.41) is 59.2. The number of rotatable bonds is 6. The van der Waals surface area contributed by atoms with Crippen molar-refractivity contribution in [2.24, 2.45) is 35.5 Å². The Kier molecular flexibility index (Phi) is 24.8. The van der Waals surface area contributed by atoms with Crippen molar-refractivity contribution in [3.8, 4) is 69.0 Å². The van der Waals surface area contributed by atoms with Crippen LogP contribution in [-0.2, 0) is 0 Å². The Morgan fingerprint density at radius 3 is 1.09 bits per heavy atom. The van der Waals surface area contributed by atoms with E-state index >= 15 is 0 Å². The summed E-state index contributed by atoms with van der Waals surface area (Å²) in [6.07, 6.45) is 22.2. The van der Waals surface area contributed by atoms with Crippen LogP contribution in [0.3, 0.4) is 0 Å². The lowest BCUT2D eigenvalue weighted by atomic mass is 9.79. The van der Waals surface area contributed by atoms with Crippen LogP contribution in [0.1, 0.15) is 299 Å². The third-order valence-corrected chi connectivity index (χ3v) is 30.8. The molecule has 0 saturated heterocycles. The van der Waals surface area contributed by atoms with Gasteiger partial charge in [0.1, 0.15) is 111 Å². The second-order valence-electron chi connectivity index (χ2n) is 39.2. The number of ether oxygens (including phenoxy) is 6.